The predicted octanol–water partition coefficient (Wildman–Crippen LogP) is 0.589. The Bertz CT molecular complexity index is 606. The Balaban J connectivity index is 0.00000192. The first-order chi connectivity index (χ1) is 10.7. The van der Waals surface area contributed by atoms with Gasteiger partial charge in [-0.1, -0.05) is 12.1 Å². The lowest BCUT2D eigenvalue weighted by Gasteiger charge is -2.20. The van der Waals surface area contributed by atoms with E-state index in [1.165, 1.54) is 0 Å². The summed E-state index contributed by atoms with van der Waals surface area (Å²) in [6.45, 7) is 1.97. The number of hydrogen-bond acceptors (Lipinski definition) is 5. The number of carbonyl (C=O) groups excluding carboxylic acids is 1. The van der Waals surface area contributed by atoms with Crippen LogP contribution in [-0.2, 0) is 4.79 Å². The molecule has 0 aliphatic carbocycles. The molecule has 6 nitrogen and oxygen atoms in total. The van der Waals surface area contributed by atoms with Crippen molar-refractivity contribution in [1.29, 1.82) is 0 Å². The summed E-state index contributed by atoms with van der Waals surface area (Å²) in [6.07, 6.45) is 1.42. The molecule has 126 valence electrons. The molecular formula is C16H21ClN2O4. The fraction of sp³-hybridized carbons (Fsp3) is 0.438. The molecule has 0 aromatic heterocycles. The molecule has 1 fully saturated rings. The maximum absolute atomic E-state index is 12.2. The Morgan fingerprint density at radius 1 is 1.48 bits per heavy atom. The van der Waals surface area contributed by atoms with Gasteiger partial charge in [0.1, 0.15) is 6.61 Å². The maximum atomic E-state index is 12.2. The average Bonchev–Trinajstić information content (AvgIpc) is 2.96. The van der Waals surface area contributed by atoms with Gasteiger partial charge in [-0.15, -0.1) is 12.4 Å². The molecule has 3 N–H and O–H groups in total. The normalized spacial score (nSPS) is 22.3. The van der Waals surface area contributed by atoms with Gasteiger partial charge in [-0.2, -0.15) is 0 Å². The monoisotopic (exact) mass is 340 g/mol. The lowest BCUT2D eigenvalue weighted by Crippen LogP contribution is -2.36. The molecule has 1 saturated heterocycles. The highest BCUT2D eigenvalue weighted by molar-refractivity contribution is 5.99. The zero-order valence-electron chi connectivity index (χ0n) is 12.9. The average molecular weight is 341 g/mol. The van der Waals surface area contributed by atoms with Gasteiger partial charge in [-0.05, 0) is 12.1 Å². The van der Waals surface area contributed by atoms with Gasteiger partial charge in [0.15, 0.2) is 11.5 Å². The molecule has 2 unspecified atom stereocenters. The van der Waals surface area contributed by atoms with Crippen molar-refractivity contribution in [2.75, 3.05) is 33.4 Å². The summed E-state index contributed by atoms with van der Waals surface area (Å²) >= 11 is 0. The van der Waals surface area contributed by atoms with E-state index in [-0.39, 0.29) is 30.8 Å². The van der Waals surface area contributed by atoms with Crippen LogP contribution in [0.5, 0.6) is 11.5 Å². The smallest absolute Gasteiger partial charge is 0.250 e. The number of aliphatic hydroxyl groups excluding tert-OH is 1. The van der Waals surface area contributed by atoms with Gasteiger partial charge in [0.25, 0.3) is 5.91 Å². The van der Waals surface area contributed by atoms with E-state index >= 15 is 0 Å². The first-order valence-corrected chi connectivity index (χ1v) is 7.36. The minimum atomic E-state index is -0.401. The van der Waals surface area contributed by atoms with Crippen LogP contribution in [0.2, 0.25) is 0 Å². The molecule has 1 aromatic rings. The molecule has 2 heterocycles. The number of ether oxygens (including phenoxy) is 2. The molecule has 0 radical (unpaired) electrons. The third-order valence-electron chi connectivity index (χ3n) is 4.05. The van der Waals surface area contributed by atoms with Gasteiger partial charge in [0.05, 0.1) is 18.8 Å². The summed E-state index contributed by atoms with van der Waals surface area (Å²) in [6, 6.07) is 5.57. The van der Waals surface area contributed by atoms with Gasteiger partial charge in [0.2, 0.25) is 0 Å². The lowest BCUT2D eigenvalue weighted by molar-refractivity contribution is -0.118. The number of para-hydroxylation sites is 1. The van der Waals surface area contributed by atoms with Crippen LogP contribution < -0.4 is 20.1 Å². The highest BCUT2D eigenvalue weighted by atomic mass is 35.5. The number of hydrogen-bond donors (Lipinski definition) is 3. The third kappa shape index (κ3) is 3.77. The van der Waals surface area contributed by atoms with E-state index in [1.54, 1.807) is 7.11 Å². The summed E-state index contributed by atoms with van der Waals surface area (Å²) in [4.78, 5) is 12.2. The van der Waals surface area contributed by atoms with Gasteiger partial charge >= 0.3 is 0 Å². The second-order valence-corrected chi connectivity index (χ2v) is 5.53. The minimum absolute atomic E-state index is 0. The predicted molar refractivity (Wildman–Crippen MR) is 89.1 cm³/mol. The largest absolute Gasteiger partial charge is 0.493 e. The Morgan fingerprint density at radius 3 is 3.00 bits per heavy atom. The summed E-state index contributed by atoms with van der Waals surface area (Å²) < 4.78 is 10.9. The number of carbonyl (C=O) groups is 1. The number of halogens is 1. The van der Waals surface area contributed by atoms with Crippen LogP contribution in [0, 0.1) is 5.92 Å². The van der Waals surface area contributed by atoms with Crippen molar-refractivity contribution in [3.63, 3.8) is 0 Å². The first kappa shape index (κ1) is 17.6. The van der Waals surface area contributed by atoms with Gasteiger partial charge in [0, 0.05) is 31.1 Å². The Hall–Kier alpha value is -1.76. The summed E-state index contributed by atoms with van der Waals surface area (Å²) in [5.41, 5.74) is 1.40. The zero-order valence-corrected chi connectivity index (χ0v) is 13.7. The number of fused-ring (bicyclic) bond motifs is 1. The van der Waals surface area contributed by atoms with E-state index < -0.39 is 6.10 Å². The number of methoxy groups -OCH3 is 1. The van der Waals surface area contributed by atoms with Crippen molar-refractivity contribution < 1.29 is 19.4 Å². The minimum Gasteiger partial charge on any atom is -0.493 e. The van der Waals surface area contributed by atoms with Crippen LogP contribution in [0.15, 0.2) is 23.8 Å². The standard InChI is InChI=1S/C16H20N2O4.ClH/c1-21-14-4-2-3-10-5-11(9-22-15(10)14)16(20)18-7-12-6-17-8-13(12)19;/h2-5,12-13,17,19H,6-9H2,1H3,(H,18,20);1H. The molecule has 7 heteroatoms. The van der Waals surface area contributed by atoms with E-state index in [0.717, 1.165) is 12.1 Å². The molecule has 2 aliphatic heterocycles. The summed E-state index contributed by atoms with van der Waals surface area (Å²) in [7, 11) is 1.59. The first-order valence-electron chi connectivity index (χ1n) is 7.36. The molecule has 1 amide bonds. The SMILES string of the molecule is COc1cccc2c1OCC(C(=O)NCC1CNCC1O)=C2.Cl. The molecule has 1 aromatic carbocycles. The van der Waals surface area contributed by atoms with Crippen LogP contribution >= 0.6 is 12.4 Å². The van der Waals surface area contributed by atoms with E-state index in [1.807, 2.05) is 24.3 Å². The second kappa shape index (κ2) is 7.68. The van der Waals surface area contributed by atoms with Gasteiger partial charge < -0.3 is 25.2 Å². The van der Waals surface area contributed by atoms with Crippen molar-refractivity contribution in [2.45, 2.75) is 6.10 Å². The van der Waals surface area contributed by atoms with Gasteiger partial charge in [-0.25, -0.2) is 0 Å². The zero-order chi connectivity index (χ0) is 15.5. The number of rotatable bonds is 4. The van der Waals surface area contributed by atoms with Gasteiger partial charge in [-0.3, -0.25) is 4.79 Å². The van der Waals surface area contributed by atoms with E-state index in [4.69, 9.17) is 9.47 Å². The van der Waals surface area contributed by atoms with Crippen molar-refractivity contribution in [3.05, 3.63) is 29.3 Å². The lowest BCUT2D eigenvalue weighted by atomic mass is 10.0. The molecule has 0 bridgehead atoms. The topological polar surface area (TPSA) is 79.8 Å². The molecule has 2 atom stereocenters. The molecule has 3 rings (SSSR count). The fourth-order valence-corrected chi connectivity index (χ4v) is 2.74. The molecule has 0 saturated carbocycles. The van der Waals surface area contributed by atoms with E-state index in [2.05, 4.69) is 10.6 Å². The number of aliphatic hydroxyl groups is 1. The van der Waals surface area contributed by atoms with Crippen LogP contribution in [0.1, 0.15) is 5.56 Å². The quantitative estimate of drug-likeness (QED) is 0.747. The van der Waals surface area contributed by atoms with Crippen LogP contribution in [0.3, 0.4) is 0 Å². The second-order valence-electron chi connectivity index (χ2n) is 5.53. The summed E-state index contributed by atoms with van der Waals surface area (Å²) in [5, 5.41) is 15.7. The highest BCUT2D eigenvalue weighted by Gasteiger charge is 2.26. The van der Waals surface area contributed by atoms with Crippen LogP contribution in [0.4, 0.5) is 0 Å². The van der Waals surface area contributed by atoms with Crippen LogP contribution in [0.25, 0.3) is 6.08 Å². The van der Waals surface area contributed by atoms with Crippen molar-refractivity contribution in [3.8, 4) is 11.5 Å². The maximum Gasteiger partial charge on any atom is 0.250 e. The molecule has 2 aliphatic rings. The number of nitrogens with one attached hydrogen (secondary N) is 2. The van der Waals surface area contributed by atoms with Crippen molar-refractivity contribution >= 4 is 24.4 Å². The Kier molecular flexibility index (Phi) is 5.87. The summed E-state index contributed by atoms with van der Waals surface area (Å²) in [5.74, 6) is 1.22. The molecular weight excluding hydrogens is 320 g/mol. The fourth-order valence-electron chi connectivity index (χ4n) is 2.74. The highest BCUT2D eigenvalue weighted by Crippen LogP contribution is 2.35. The number of β-amino-alcohol motifs (C(OH)–C–C–N with tert-alkyl or cyclic N) is 1. The van der Waals surface area contributed by atoms with Crippen molar-refractivity contribution in [1.82, 2.24) is 10.6 Å². The third-order valence-corrected chi connectivity index (χ3v) is 4.05. The van der Waals surface area contributed by atoms with Crippen LogP contribution in [-0.4, -0.2) is 50.5 Å². The number of benzene rings is 1. The van der Waals surface area contributed by atoms with E-state index in [0.29, 0.717) is 30.2 Å². The Morgan fingerprint density at radius 2 is 2.30 bits per heavy atom. The van der Waals surface area contributed by atoms with E-state index in [9.17, 15) is 9.90 Å². The molecule has 0 spiro atoms. The molecule has 23 heavy (non-hydrogen) atoms. The van der Waals surface area contributed by atoms with Crippen molar-refractivity contribution in [2.24, 2.45) is 5.92 Å². The Labute approximate surface area is 141 Å². The number of amides is 1.